The summed E-state index contributed by atoms with van der Waals surface area (Å²) in [6.07, 6.45) is 1.79. The van der Waals surface area contributed by atoms with Gasteiger partial charge in [0, 0.05) is 37.9 Å². The van der Waals surface area contributed by atoms with Crippen molar-refractivity contribution in [3.8, 4) is 0 Å². The number of fused-ring (bicyclic) bond motifs is 1. The molecule has 0 atom stereocenters. The predicted octanol–water partition coefficient (Wildman–Crippen LogP) is 1.50. The number of carbonyl (C=O) groups excluding carboxylic acids is 1. The molecule has 0 saturated carbocycles. The predicted molar refractivity (Wildman–Crippen MR) is 92.9 cm³/mol. The van der Waals surface area contributed by atoms with Crippen LogP contribution in [0.15, 0.2) is 42.6 Å². The van der Waals surface area contributed by atoms with Crippen LogP contribution in [0.5, 0.6) is 0 Å². The Labute approximate surface area is 139 Å². The molecule has 1 aromatic carbocycles. The van der Waals surface area contributed by atoms with Crippen LogP contribution in [0.1, 0.15) is 10.4 Å². The molecule has 4 rings (SSSR count). The van der Waals surface area contributed by atoms with E-state index >= 15 is 0 Å². The second-order valence-corrected chi connectivity index (χ2v) is 5.82. The number of aromatic amines is 1. The van der Waals surface area contributed by atoms with Crippen molar-refractivity contribution >= 4 is 28.7 Å². The van der Waals surface area contributed by atoms with Crippen molar-refractivity contribution in [2.75, 3.05) is 36.8 Å². The fourth-order valence-corrected chi connectivity index (χ4v) is 3.02. The number of benzene rings is 1. The van der Waals surface area contributed by atoms with E-state index in [1.807, 2.05) is 35.2 Å². The summed E-state index contributed by atoms with van der Waals surface area (Å²) in [6, 6.07) is 11.3. The number of anilines is 2. The number of hydrogen-bond donors (Lipinski definition) is 2. The first-order valence-electron chi connectivity index (χ1n) is 7.91. The van der Waals surface area contributed by atoms with Gasteiger partial charge in [-0.2, -0.15) is 0 Å². The number of hydrogen-bond acceptors (Lipinski definition) is 5. The number of nitrogens with one attached hydrogen (secondary N) is 1. The lowest BCUT2D eigenvalue weighted by molar-refractivity contribution is 0.0746. The maximum absolute atomic E-state index is 12.7. The number of rotatable bonds is 2. The van der Waals surface area contributed by atoms with Crippen LogP contribution in [0.2, 0.25) is 0 Å². The molecule has 1 saturated heterocycles. The second-order valence-electron chi connectivity index (χ2n) is 5.82. The molecular weight excluding hydrogens is 304 g/mol. The van der Waals surface area contributed by atoms with Crippen molar-refractivity contribution in [3.05, 3.63) is 48.2 Å². The molecule has 0 spiro atoms. The third-order valence-corrected chi connectivity index (χ3v) is 4.29. The average Bonchev–Trinajstić information content (AvgIpc) is 3.01. The summed E-state index contributed by atoms with van der Waals surface area (Å²) >= 11 is 0. The van der Waals surface area contributed by atoms with E-state index in [1.54, 1.807) is 12.3 Å². The maximum Gasteiger partial charge on any atom is 0.254 e. The molecule has 0 aliphatic carbocycles. The van der Waals surface area contributed by atoms with Gasteiger partial charge in [-0.05, 0) is 30.3 Å². The Morgan fingerprint density at radius 3 is 2.71 bits per heavy atom. The molecule has 3 heterocycles. The van der Waals surface area contributed by atoms with Crippen molar-refractivity contribution < 1.29 is 4.79 Å². The summed E-state index contributed by atoms with van der Waals surface area (Å²) in [4.78, 5) is 28.3. The monoisotopic (exact) mass is 322 g/mol. The first kappa shape index (κ1) is 14.5. The number of nitrogens with zero attached hydrogens (tertiary/aromatic N) is 4. The van der Waals surface area contributed by atoms with Crippen LogP contribution in [-0.4, -0.2) is 51.9 Å². The number of H-pyrrole nitrogens is 1. The molecule has 7 nitrogen and oxygen atoms in total. The molecule has 1 fully saturated rings. The van der Waals surface area contributed by atoms with Gasteiger partial charge >= 0.3 is 0 Å². The van der Waals surface area contributed by atoms with Crippen LogP contribution in [-0.2, 0) is 0 Å². The second kappa shape index (κ2) is 5.84. The van der Waals surface area contributed by atoms with E-state index in [9.17, 15) is 4.79 Å². The Balaban J connectivity index is 1.47. The van der Waals surface area contributed by atoms with Gasteiger partial charge in [-0.1, -0.05) is 6.07 Å². The third-order valence-electron chi connectivity index (χ3n) is 4.29. The number of aromatic nitrogens is 3. The number of nitrogen functional groups attached to an aromatic ring is 1. The molecule has 3 aromatic rings. The summed E-state index contributed by atoms with van der Waals surface area (Å²) in [6.45, 7) is 2.92. The molecular formula is C17H18N6O. The van der Waals surface area contributed by atoms with Crippen LogP contribution in [0, 0.1) is 0 Å². The lowest BCUT2D eigenvalue weighted by Crippen LogP contribution is -2.49. The molecule has 24 heavy (non-hydrogen) atoms. The largest absolute Gasteiger partial charge is 0.369 e. The molecule has 0 radical (unpaired) electrons. The summed E-state index contributed by atoms with van der Waals surface area (Å²) < 4.78 is 0. The average molecular weight is 322 g/mol. The highest BCUT2D eigenvalue weighted by atomic mass is 16.2. The highest BCUT2D eigenvalue weighted by molar-refractivity contribution is 5.97. The number of piperazine rings is 1. The molecule has 0 unspecified atom stereocenters. The quantitative estimate of drug-likeness (QED) is 0.746. The number of pyridine rings is 1. The van der Waals surface area contributed by atoms with Crippen molar-refractivity contribution in [2.45, 2.75) is 0 Å². The van der Waals surface area contributed by atoms with E-state index in [-0.39, 0.29) is 5.91 Å². The number of amides is 1. The van der Waals surface area contributed by atoms with Crippen molar-refractivity contribution in [1.82, 2.24) is 19.9 Å². The Morgan fingerprint density at radius 2 is 1.96 bits per heavy atom. The molecule has 7 heteroatoms. The number of carbonyl (C=O) groups is 1. The van der Waals surface area contributed by atoms with Crippen molar-refractivity contribution in [2.24, 2.45) is 0 Å². The van der Waals surface area contributed by atoms with Gasteiger partial charge in [0.1, 0.15) is 5.82 Å². The van der Waals surface area contributed by atoms with E-state index in [0.717, 1.165) is 29.9 Å². The molecule has 1 aliphatic heterocycles. The number of nitrogens with two attached hydrogens (primary N) is 1. The van der Waals surface area contributed by atoms with E-state index in [1.165, 1.54) is 0 Å². The van der Waals surface area contributed by atoms with Gasteiger partial charge in [-0.15, -0.1) is 0 Å². The molecule has 0 bridgehead atoms. The van der Waals surface area contributed by atoms with Gasteiger partial charge < -0.3 is 20.5 Å². The first-order valence-corrected chi connectivity index (χ1v) is 7.91. The van der Waals surface area contributed by atoms with Crippen molar-refractivity contribution in [1.29, 1.82) is 0 Å². The minimum absolute atomic E-state index is 0.0331. The Bertz CT molecular complexity index is 867. The summed E-state index contributed by atoms with van der Waals surface area (Å²) in [5, 5.41) is 0. The highest BCUT2D eigenvalue weighted by Gasteiger charge is 2.23. The highest BCUT2D eigenvalue weighted by Crippen LogP contribution is 2.18. The van der Waals surface area contributed by atoms with E-state index < -0.39 is 0 Å². The minimum atomic E-state index is 0.0331. The van der Waals surface area contributed by atoms with Crippen LogP contribution in [0.25, 0.3) is 11.0 Å². The summed E-state index contributed by atoms with van der Waals surface area (Å²) in [5.41, 5.74) is 7.86. The Morgan fingerprint density at radius 1 is 1.12 bits per heavy atom. The first-order chi connectivity index (χ1) is 11.7. The van der Waals surface area contributed by atoms with Gasteiger partial charge in [-0.3, -0.25) is 4.79 Å². The van der Waals surface area contributed by atoms with E-state index in [2.05, 4.69) is 19.9 Å². The summed E-state index contributed by atoms with van der Waals surface area (Å²) in [5.74, 6) is 1.35. The lowest BCUT2D eigenvalue weighted by Gasteiger charge is -2.35. The fourth-order valence-electron chi connectivity index (χ4n) is 3.02. The molecule has 122 valence electrons. The van der Waals surface area contributed by atoms with Gasteiger partial charge in [-0.25, -0.2) is 9.97 Å². The standard InChI is InChI=1S/C17H18N6O/c18-17-20-13-5-4-12(11-14(13)21-17)16(24)23-9-7-22(8-10-23)15-3-1-2-6-19-15/h1-6,11H,7-10H2,(H3,18,20,21). The van der Waals surface area contributed by atoms with Crippen molar-refractivity contribution in [3.63, 3.8) is 0 Å². The molecule has 3 N–H and O–H groups in total. The zero-order valence-electron chi connectivity index (χ0n) is 13.1. The van der Waals surface area contributed by atoms with Gasteiger partial charge in [0.25, 0.3) is 5.91 Å². The maximum atomic E-state index is 12.7. The molecule has 1 amide bonds. The lowest BCUT2D eigenvalue weighted by atomic mass is 10.1. The van der Waals surface area contributed by atoms with E-state index in [0.29, 0.717) is 24.6 Å². The molecule has 2 aromatic heterocycles. The molecule has 1 aliphatic rings. The van der Waals surface area contributed by atoms with Gasteiger partial charge in [0.2, 0.25) is 0 Å². The smallest absolute Gasteiger partial charge is 0.254 e. The van der Waals surface area contributed by atoms with Crippen LogP contribution in [0.4, 0.5) is 11.8 Å². The fraction of sp³-hybridized carbons (Fsp3) is 0.235. The zero-order chi connectivity index (χ0) is 16.5. The minimum Gasteiger partial charge on any atom is -0.369 e. The van der Waals surface area contributed by atoms with Crippen LogP contribution in [0.3, 0.4) is 0 Å². The number of imidazole rings is 1. The third kappa shape index (κ3) is 2.64. The van der Waals surface area contributed by atoms with Gasteiger partial charge in [0.05, 0.1) is 11.0 Å². The zero-order valence-corrected chi connectivity index (χ0v) is 13.1. The Hall–Kier alpha value is -3.09. The topological polar surface area (TPSA) is 91.1 Å². The Kier molecular flexibility index (Phi) is 3.53. The van der Waals surface area contributed by atoms with Gasteiger partial charge in [0.15, 0.2) is 5.95 Å². The van der Waals surface area contributed by atoms with Crippen LogP contribution < -0.4 is 10.6 Å². The SMILES string of the molecule is Nc1nc2ccc(C(=O)N3CCN(c4ccccn4)CC3)cc2[nH]1. The summed E-state index contributed by atoms with van der Waals surface area (Å²) in [7, 11) is 0. The normalized spacial score (nSPS) is 15.0. The van der Waals surface area contributed by atoms with E-state index in [4.69, 9.17) is 5.73 Å². The van der Waals surface area contributed by atoms with Crippen LogP contribution >= 0.6 is 0 Å².